The molecular formula is C21H29NO3. The lowest BCUT2D eigenvalue weighted by Gasteiger charge is -2.20. The summed E-state index contributed by atoms with van der Waals surface area (Å²) in [6, 6.07) is 7.94. The highest BCUT2D eigenvalue weighted by molar-refractivity contribution is 5.89. The molecule has 1 heterocycles. The number of carbonyl (C=O) groups excluding carboxylic acids is 1. The van der Waals surface area contributed by atoms with Crippen molar-refractivity contribution in [2.45, 2.75) is 57.6 Å². The van der Waals surface area contributed by atoms with Crippen molar-refractivity contribution in [3.05, 3.63) is 42.0 Å². The van der Waals surface area contributed by atoms with Gasteiger partial charge in [-0.3, -0.25) is 0 Å². The number of ether oxygens (including phenoxy) is 2. The van der Waals surface area contributed by atoms with Gasteiger partial charge in [0.25, 0.3) is 0 Å². The summed E-state index contributed by atoms with van der Waals surface area (Å²) in [5, 5.41) is 0. The van der Waals surface area contributed by atoms with Crippen LogP contribution in [0.1, 0.15) is 55.8 Å². The summed E-state index contributed by atoms with van der Waals surface area (Å²) in [7, 11) is 0. The van der Waals surface area contributed by atoms with Gasteiger partial charge in [-0.05, 0) is 82.3 Å². The molecule has 0 amide bonds. The quantitative estimate of drug-likeness (QED) is 0.422. The summed E-state index contributed by atoms with van der Waals surface area (Å²) in [6.45, 7) is 4.93. The van der Waals surface area contributed by atoms with Crippen LogP contribution in [0.25, 0.3) is 0 Å². The van der Waals surface area contributed by atoms with Crippen molar-refractivity contribution in [1.82, 2.24) is 4.90 Å². The van der Waals surface area contributed by atoms with Gasteiger partial charge >= 0.3 is 5.97 Å². The van der Waals surface area contributed by atoms with Gasteiger partial charge in [0.15, 0.2) is 0 Å². The first kappa shape index (κ1) is 18.0. The van der Waals surface area contributed by atoms with Crippen LogP contribution in [0.4, 0.5) is 0 Å². The van der Waals surface area contributed by atoms with E-state index in [1.807, 2.05) is 12.1 Å². The standard InChI is InChI=1S/C21H29NO3/c1-17-7-5-14-22(17)15-6-16-24-21(23)18-10-12-20(13-11-18)25-19-8-3-2-4-9-19/h3,8,10-13,17,19H,2,4-7,9,14-16H2,1H3. The first-order chi connectivity index (χ1) is 12.2. The molecule has 1 aliphatic carbocycles. The lowest BCUT2D eigenvalue weighted by Crippen LogP contribution is -2.28. The van der Waals surface area contributed by atoms with E-state index in [2.05, 4.69) is 24.0 Å². The average molecular weight is 343 g/mol. The fourth-order valence-electron chi connectivity index (χ4n) is 3.56. The molecule has 4 heteroatoms. The van der Waals surface area contributed by atoms with Gasteiger partial charge in [-0.25, -0.2) is 4.79 Å². The van der Waals surface area contributed by atoms with Gasteiger partial charge in [0.2, 0.25) is 0 Å². The van der Waals surface area contributed by atoms with E-state index in [1.54, 1.807) is 12.1 Å². The van der Waals surface area contributed by atoms with Gasteiger partial charge in [-0.15, -0.1) is 0 Å². The summed E-state index contributed by atoms with van der Waals surface area (Å²) in [4.78, 5) is 14.6. The molecule has 25 heavy (non-hydrogen) atoms. The minimum Gasteiger partial charge on any atom is -0.486 e. The first-order valence-corrected chi connectivity index (χ1v) is 9.57. The van der Waals surface area contributed by atoms with Crippen molar-refractivity contribution in [3.63, 3.8) is 0 Å². The van der Waals surface area contributed by atoms with Crippen LogP contribution in [0, 0.1) is 0 Å². The predicted octanol–water partition coefficient (Wildman–Crippen LogP) is 4.21. The number of rotatable bonds is 7. The van der Waals surface area contributed by atoms with Crippen LogP contribution in [0.2, 0.25) is 0 Å². The highest BCUT2D eigenvalue weighted by atomic mass is 16.5. The van der Waals surface area contributed by atoms with E-state index < -0.39 is 0 Å². The Morgan fingerprint density at radius 2 is 2.04 bits per heavy atom. The minimum absolute atomic E-state index is 0.152. The Kier molecular flexibility index (Phi) is 6.51. The molecular weight excluding hydrogens is 314 g/mol. The van der Waals surface area contributed by atoms with E-state index in [1.165, 1.54) is 25.8 Å². The summed E-state index contributed by atoms with van der Waals surface area (Å²) in [6.07, 6.45) is 11.3. The molecule has 2 aliphatic rings. The molecule has 1 aromatic carbocycles. The van der Waals surface area contributed by atoms with Crippen LogP contribution in [0.15, 0.2) is 36.4 Å². The van der Waals surface area contributed by atoms with Crippen LogP contribution in [0.3, 0.4) is 0 Å². The number of benzene rings is 1. The van der Waals surface area contributed by atoms with E-state index >= 15 is 0 Å². The van der Waals surface area contributed by atoms with Crippen molar-refractivity contribution < 1.29 is 14.3 Å². The molecule has 136 valence electrons. The van der Waals surface area contributed by atoms with Crippen LogP contribution < -0.4 is 4.74 Å². The maximum atomic E-state index is 12.1. The number of nitrogens with zero attached hydrogens (tertiary/aromatic N) is 1. The van der Waals surface area contributed by atoms with Gasteiger partial charge < -0.3 is 14.4 Å². The van der Waals surface area contributed by atoms with Gasteiger partial charge in [0.1, 0.15) is 11.9 Å². The molecule has 1 saturated heterocycles. The number of carbonyl (C=O) groups is 1. The molecule has 1 fully saturated rings. The van der Waals surface area contributed by atoms with E-state index in [0.29, 0.717) is 18.2 Å². The number of hydrogen-bond acceptors (Lipinski definition) is 4. The molecule has 3 rings (SSSR count). The summed E-state index contributed by atoms with van der Waals surface area (Å²) >= 11 is 0. The number of esters is 1. The monoisotopic (exact) mass is 343 g/mol. The SMILES string of the molecule is CC1CCCN1CCCOC(=O)c1ccc(OC2C=CCCC2)cc1. The molecule has 2 unspecified atom stereocenters. The third-order valence-electron chi connectivity index (χ3n) is 5.10. The van der Waals surface area contributed by atoms with E-state index in [0.717, 1.165) is 31.6 Å². The third kappa shape index (κ3) is 5.33. The largest absolute Gasteiger partial charge is 0.486 e. The molecule has 0 bridgehead atoms. The number of allylic oxidation sites excluding steroid dienone is 1. The molecule has 0 spiro atoms. The van der Waals surface area contributed by atoms with Crippen LogP contribution in [-0.4, -0.2) is 42.7 Å². The van der Waals surface area contributed by atoms with Crippen LogP contribution in [0.5, 0.6) is 5.75 Å². The summed E-state index contributed by atoms with van der Waals surface area (Å²) in [5.74, 6) is 0.551. The van der Waals surface area contributed by atoms with Gasteiger partial charge in [-0.2, -0.15) is 0 Å². The zero-order chi connectivity index (χ0) is 17.5. The Balaban J connectivity index is 1.39. The third-order valence-corrected chi connectivity index (χ3v) is 5.10. The Labute approximate surface area is 150 Å². The second-order valence-electron chi connectivity index (χ2n) is 7.06. The number of hydrogen-bond donors (Lipinski definition) is 0. The highest BCUT2D eigenvalue weighted by Crippen LogP contribution is 2.20. The number of likely N-dealkylation sites (tertiary alicyclic amines) is 1. The Morgan fingerprint density at radius 3 is 2.72 bits per heavy atom. The molecule has 1 aromatic rings. The average Bonchev–Trinajstić information content (AvgIpc) is 3.05. The molecule has 1 aliphatic heterocycles. The fourth-order valence-corrected chi connectivity index (χ4v) is 3.56. The van der Waals surface area contributed by atoms with Crippen molar-refractivity contribution in [2.24, 2.45) is 0 Å². The highest BCUT2D eigenvalue weighted by Gasteiger charge is 2.19. The van der Waals surface area contributed by atoms with Gasteiger partial charge in [0.05, 0.1) is 12.2 Å². The lowest BCUT2D eigenvalue weighted by atomic mass is 10.1. The molecule has 0 saturated carbocycles. The minimum atomic E-state index is -0.251. The van der Waals surface area contributed by atoms with Crippen molar-refractivity contribution in [3.8, 4) is 5.75 Å². The molecule has 0 N–H and O–H groups in total. The summed E-state index contributed by atoms with van der Waals surface area (Å²) in [5.41, 5.74) is 0.584. The Morgan fingerprint density at radius 1 is 1.20 bits per heavy atom. The zero-order valence-electron chi connectivity index (χ0n) is 15.2. The van der Waals surface area contributed by atoms with Gasteiger partial charge in [-0.1, -0.05) is 6.08 Å². The fraction of sp³-hybridized carbons (Fsp3) is 0.571. The topological polar surface area (TPSA) is 38.8 Å². The van der Waals surface area contributed by atoms with E-state index in [-0.39, 0.29) is 12.1 Å². The predicted molar refractivity (Wildman–Crippen MR) is 99.0 cm³/mol. The zero-order valence-corrected chi connectivity index (χ0v) is 15.2. The molecule has 0 radical (unpaired) electrons. The van der Waals surface area contributed by atoms with E-state index in [4.69, 9.17) is 9.47 Å². The van der Waals surface area contributed by atoms with Crippen molar-refractivity contribution >= 4 is 5.97 Å². The lowest BCUT2D eigenvalue weighted by molar-refractivity contribution is 0.0487. The smallest absolute Gasteiger partial charge is 0.338 e. The normalized spacial score (nSPS) is 23.6. The Bertz CT molecular complexity index is 581. The molecule has 4 nitrogen and oxygen atoms in total. The second-order valence-corrected chi connectivity index (χ2v) is 7.06. The van der Waals surface area contributed by atoms with Crippen LogP contribution >= 0.6 is 0 Å². The van der Waals surface area contributed by atoms with Crippen molar-refractivity contribution in [2.75, 3.05) is 19.7 Å². The van der Waals surface area contributed by atoms with Crippen LogP contribution in [-0.2, 0) is 4.74 Å². The summed E-state index contributed by atoms with van der Waals surface area (Å²) < 4.78 is 11.3. The van der Waals surface area contributed by atoms with Gasteiger partial charge in [0, 0.05) is 12.6 Å². The van der Waals surface area contributed by atoms with Crippen molar-refractivity contribution in [1.29, 1.82) is 0 Å². The van der Waals surface area contributed by atoms with E-state index in [9.17, 15) is 4.79 Å². The maximum Gasteiger partial charge on any atom is 0.338 e. The maximum absolute atomic E-state index is 12.1. The molecule has 2 atom stereocenters. The first-order valence-electron chi connectivity index (χ1n) is 9.57. The molecule has 0 aromatic heterocycles. The Hall–Kier alpha value is -1.81. The second kappa shape index (κ2) is 9.04.